The molecule has 0 atom stereocenters. The van der Waals surface area contributed by atoms with Gasteiger partial charge in [0.2, 0.25) is 0 Å². The number of carbonyl (C=O) groups excluding carboxylic acids is 1. The lowest BCUT2D eigenvalue weighted by Crippen LogP contribution is -2.10. The number of rotatable bonds is 9. The number of carbonyl (C=O) groups is 1. The normalized spacial score (nSPS) is 11.8. The van der Waals surface area contributed by atoms with Crippen molar-refractivity contribution in [3.63, 3.8) is 0 Å². The van der Waals surface area contributed by atoms with Gasteiger partial charge in [0, 0.05) is 49.8 Å². The van der Waals surface area contributed by atoms with Crippen LogP contribution >= 0.6 is 11.8 Å². The molecule has 0 fully saturated rings. The van der Waals surface area contributed by atoms with E-state index < -0.39 is 0 Å². The summed E-state index contributed by atoms with van der Waals surface area (Å²) in [5, 5.41) is 9.44. The minimum absolute atomic E-state index is 0.110. The van der Waals surface area contributed by atoms with Crippen molar-refractivity contribution in [1.29, 1.82) is 0 Å². The predicted octanol–water partition coefficient (Wildman–Crippen LogP) is 5.21. The molecule has 0 aliphatic rings. The molecular formula is C25H34N4O2S. The van der Waals surface area contributed by atoms with E-state index in [2.05, 4.69) is 59.8 Å². The minimum atomic E-state index is 0.110. The van der Waals surface area contributed by atoms with E-state index in [0.717, 1.165) is 46.5 Å². The van der Waals surface area contributed by atoms with E-state index in [4.69, 9.17) is 4.74 Å². The van der Waals surface area contributed by atoms with E-state index in [9.17, 15) is 4.79 Å². The van der Waals surface area contributed by atoms with Gasteiger partial charge in [-0.2, -0.15) is 0 Å². The van der Waals surface area contributed by atoms with E-state index in [-0.39, 0.29) is 11.2 Å². The summed E-state index contributed by atoms with van der Waals surface area (Å²) in [6.45, 7) is 12.2. The van der Waals surface area contributed by atoms with E-state index in [0.29, 0.717) is 12.4 Å². The third-order valence-corrected chi connectivity index (χ3v) is 6.80. The number of hydrogen-bond donors (Lipinski definition) is 0. The molecule has 3 aromatic rings. The molecule has 0 unspecified atom stereocenters. The van der Waals surface area contributed by atoms with E-state index in [1.807, 2.05) is 31.5 Å². The van der Waals surface area contributed by atoms with Crippen molar-refractivity contribution in [2.75, 3.05) is 19.5 Å². The number of nitrogens with zero attached hydrogens (tertiary/aromatic N) is 4. The van der Waals surface area contributed by atoms with Gasteiger partial charge in [0.25, 0.3) is 0 Å². The first kappa shape index (κ1) is 24.3. The summed E-state index contributed by atoms with van der Waals surface area (Å²) in [5.74, 6) is 1.24. The van der Waals surface area contributed by atoms with Gasteiger partial charge in [0.05, 0.1) is 5.75 Å². The Balaban J connectivity index is 1.69. The minimum Gasteiger partial charge on any atom is -0.385 e. The highest BCUT2D eigenvalue weighted by molar-refractivity contribution is 7.99. The van der Waals surface area contributed by atoms with E-state index in [1.165, 1.54) is 17.3 Å². The van der Waals surface area contributed by atoms with Crippen LogP contribution in [0, 0.1) is 13.8 Å². The standard InChI is InChI=1S/C25H34N4O2S/c1-17-15-21(18(2)29(17)13-8-14-31-7)22(30)16-32-24-27-26-23(28(24)6)19-9-11-20(12-10-19)25(3,4)5/h9-12,15H,8,13-14,16H2,1-7H3. The Morgan fingerprint density at radius 1 is 1.12 bits per heavy atom. The third kappa shape index (κ3) is 5.33. The Kier molecular flexibility index (Phi) is 7.62. The molecule has 2 heterocycles. The van der Waals surface area contributed by atoms with Crippen molar-refractivity contribution in [1.82, 2.24) is 19.3 Å². The van der Waals surface area contributed by atoms with Crippen LogP contribution in [0.1, 0.15) is 54.5 Å². The zero-order chi connectivity index (χ0) is 23.5. The molecule has 0 spiro atoms. The maximum Gasteiger partial charge on any atom is 0.191 e. The molecule has 2 aromatic heterocycles. The average molecular weight is 455 g/mol. The molecule has 7 heteroatoms. The van der Waals surface area contributed by atoms with Crippen LogP contribution in [0.5, 0.6) is 0 Å². The number of thioether (sulfide) groups is 1. The first-order valence-corrected chi connectivity index (χ1v) is 11.9. The van der Waals surface area contributed by atoms with Gasteiger partial charge in [-0.3, -0.25) is 4.79 Å². The van der Waals surface area contributed by atoms with Crippen LogP contribution in [-0.2, 0) is 23.7 Å². The number of Topliss-reactive ketones (excluding diaryl/α,β-unsaturated/α-hetero) is 1. The first-order chi connectivity index (χ1) is 15.1. The number of ketones is 1. The van der Waals surface area contributed by atoms with Gasteiger partial charge in [0.1, 0.15) is 0 Å². The van der Waals surface area contributed by atoms with Crippen molar-refractivity contribution in [2.45, 2.75) is 58.2 Å². The summed E-state index contributed by atoms with van der Waals surface area (Å²) in [6, 6.07) is 10.4. The summed E-state index contributed by atoms with van der Waals surface area (Å²) in [7, 11) is 3.65. The molecule has 0 aliphatic carbocycles. The van der Waals surface area contributed by atoms with Crippen molar-refractivity contribution in [3.05, 3.63) is 52.8 Å². The average Bonchev–Trinajstić information content (AvgIpc) is 3.25. The number of methoxy groups -OCH3 is 1. The van der Waals surface area contributed by atoms with Gasteiger partial charge in [-0.1, -0.05) is 56.8 Å². The lowest BCUT2D eigenvalue weighted by Gasteiger charge is -2.19. The van der Waals surface area contributed by atoms with Crippen molar-refractivity contribution >= 4 is 17.5 Å². The number of aromatic nitrogens is 4. The second-order valence-corrected chi connectivity index (χ2v) is 10.1. The van der Waals surface area contributed by atoms with Crippen molar-refractivity contribution in [2.24, 2.45) is 7.05 Å². The number of ether oxygens (including phenoxy) is 1. The molecule has 0 saturated carbocycles. The Labute approximate surface area is 195 Å². The second-order valence-electron chi connectivity index (χ2n) is 9.19. The SMILES string of the molecule is COCCCn1c(C)cc(C(=O)CSc2nnc(-c3ccc(C(C)(C)C)cc3)n2C)c1C. The highest BCUT2D eigenvalue weighted by Gasteiger charge is 2.19. The molecule has 6 nitrogen and oxygen atoms in total. The molecule has 0 aliphatic heterocycles. The fourth-order valence-electron chi connectivity index (χ4n) is 3.81. The summed E-state index contributed by atoms with van der Waals surface area (Å²) in [5.41, 5.74) is 5.31. The monoisotopic (exact) mass is 454 g/mol. The zero-order valence-electron chi connectivity index (χ0n) is 20.2. The zero-order valence-corrected chi connectivity index (χ0v) is 21.0. The summed E-state index contributed by atoms with van der Waals surface area (Å²) in [6.07, 6.45) is 0.924. The molecule has 0 bridgehead atoms. The van der Waals surface area contributed by atoms with Crippen LogP contribution in [0.4, 0.5) is 0 Å². The molecule has 32 heavy (non-hydrogen) atoms. The number of aryl methyl sites for hydroxylation is 1. The Hall–Kier alpha value is -2.38. The van der Waals surface area contributed by atoms with Gasteiger partial charge >= 0.3 is 0 Å². The van der Waals surface area contributed by atoms with Gasteiger partial charge in [-0.25, -0.2) is 0 Å². The molecule has 3 rings (SSSR count). The molecule has 0 N–H and O–H groups in total. The highest BCUT2D eigenvalue weighted by Crippen LogP contribution is 2.27. The topological polar surface area (TPSA) is 61.9 Å². The molecule has 172 valence electrons. The second kappa shape index (κ2) is 10.0. The van der Waals surface area contributed by atoms with E-state index >= 15 is 0 Å². The quantitative estimate of drug-likeness (QED) is 0.252. The fourth-order valence-corrected chi connectivity index (χ4v) is 4.61. The highest BCUT2D eigenvalue weighted by atomic mass is 32.2. The van der Waals surface area contributed by atoms with Crippen LogP contribution < -0.4 is 0 Å². The van der Waals surface area contributed by atoms with Crippen molar-refractivity contribution < 1.29 is 9.53 Å². The third-order valence-electron chi connectivity index (χ3n) is 5.78. The van der Waals surface area contributed by atoms with Crippen LogP contribution in [-0.4, -0.2) is 44.6 Å². The fraction of sp³-hybridized carbons (Fsp3) is 0.480. The van der Waals surface area contributed by atoms with Crippen LogP contribution in [0.15, 0.2) is 35.5 Å². The molecule has 0 radical (unpaired) electrons. The predicted molar refractivity (Wildman–Crippen MR) is 131 cm³/mol. The van der Waals surface area contributed by atoms with Gasteiger partial charge in [0.15, 0.2) is 16.8 Å². The lowest BCUT2D eigenvalue weighted by atomic mass is 9.87. The van der Waals surface area contributed by atoms with Crippen LogP contribution in [0.3, 0.4) is 0 Å². The maximum atomic E-state index is 12.9. The van der Waals surface area contributed by atoms with Crippen LogP contribution in [0.25, 0.3) is 11.4 Å². The Morgan fingerprint density at radius 3 is 2.44 bits per heavy atom. The Bertz CT molecular complexity index is 1070. The van der Waals surface area contributed by atoms with Crippen LogP contribution in [0.2, 0.25) is 0 Å². The molecule has 0 amide bonds. The summed E-state index contributed by atoms with van der Waals surface area (Å²) in [4.78, 5) is 12.9. The maximum absolute atomic E-state index is 12.9. The number of hydrogen-bond acceptors (Lipinski definition) is 5. The smallest absolute Gasteiger partial charge is 0.191 e. The molecule has 0 saturated heterocycles. The lowest BCUT2D eigenvalue weighted by molar-refractivity contribution is 0.102. The van der Waals surface area contributed by atoms with Crippen molar-refractivity contribution in [3.8, 4) is 11.4 Å². The summed E-state index contributed by atoms with van der Waals surface area (Å²) >= 11 is 1.43. The molecule has 1 aromatic carbocycles. The summed E-state index contributed by atoms with van der Waals surface area (Å²) < 4.78 is 9.30. The van der Waals surface area contributed by atoms with Gasteiger partial charge < -0.3 is 13.9 Å². The largest absolute Gasteiger partial charge is 0.385 e. The van der Waals surface area contributed by atoms with Gasteiger partial charge in [-0.05, 0) is 37.3 Å². The van der Waals surface area contributed by atoms with E-state index in [1.54, 1.807) is 7.11 Å². The van der Waals surface area contributed by atoms with Gasteiger partial charge in [-0.15, -0.1) is 10.2 Å². The Morgan fingerprint density at radius 2 is 1.81 bits per heavy atom. The number of benzene rings is 1. The molecular weight excluding hydrogens is 420 g/mol. The first-order valence-electron chi connectivity index (χ1n) is 11.0.